The van der Waals surface area contributed by atoms with Gasteiger partial charge in [-0.25, -0.2) is 0 Å². The molecule has 0 heterocycles. The number of anilines is 1. The molecule has 1 heteroatoms. The molecule has 0 aliphatic carbocycles. The first-order valence-corrected chi connectivity index (χ1v) is 8.93. The Balaban J connectivity index is 1.54. The second kappa shape index (κ2) is 9.77. The van der Waals surface area contributed by atoms with E-state index in [1.165, 1.54) is 54.4 Å². The molecule has 126 valence electrons. The van der Waals surface area contributed by atoms with Crippen LogP contribution in [0.2, 0.25) is 0 Å². The number of nitrogen functional groups attached to an aromatic ring is 1. The fourth-order valence-corrected chi connectivity index (χ4v) is 2.89. The van der Waals surface area contributed by atoms with E-state index in [0.717, 1.165) is 18.5 Å². The molecule has 0 aliphatic heterocycles. The van der Waals surface area contributed by atoms with Crippen LogP contribution >= 0.6 is 0 Å². The van der Waals surface area contributed by atoms with Gasteiger partial charge in [-0.1, -0.05) is 74.9 Å². The molecule has 2 aromatic rings. The van der Waals surface area contributed by atoms with Gasteiger partial charge in [0.1, 0.15) is 0 Å². The van der Waals surface area contributed by atoms with Gasteiger partial charge in [-0.15, -0.1) is 0 Å². The van der Waals surface area contributed by atoms with Gasteiger partial charge < -0.3 is 5.73 Å². The monoisotopic (exact) mass is 319 g/mol. The average molecular weight is 319 g/mol. The molecule has 0 saturated heterocycles. The molecule has 0 aromatic heterocycles. The zero-order chi connectivity index (χ0) is 17.2. The van der Waals surface area contributed by atoms with Crippen molar-refractivity contribution in [2.24, 2.45) is 0 Å². The van der Waals surface area contributed by atoms with Gasteiger partial charge in [0.25, 0.3) is 0 Å². The molecule has 0 radical (unpaired) electrons. The molecule has 1 nitrogen and oxygen atoms in total. The van der Waals surface area contributed by atoms with Crippen molar-refractivity contribution in [2.75, 3.05) is 5.73 Å². The highest BCUT2D eigenvalue weighted by Gasteiger charge is 2.00. The van der Waals surface area contributed by atoms with Crippen molar-refractivity contribution in [3.05, 3.63) is 78.9 Å². The summed E-state index contributed by atoms with van der Waals surface area (Å²) in [6.45, 7) is 8.39. The third-order valence-corrected chi connectivity index (χ3v) is 4.46. The lowest BCUT2D eigenvalue weighted by Crippen LogP contribution is -1.88. The summed E-state index contributed by atoms with van der Waals surface area (Å²) in [7, 11) is 0. The van der Waals surface area contributed by atoms with Crippen LogP contribution < -0.4 is 5.73 Å². The molecule has 0 atom stereocenters. The van der Waals surface area contributed by atoms with Crippen LogP contribution in [0.1, 0.15) is 56.1 Å². The van der Waals surface area contributed by atoms with Crippen LogP contribution in [0.5, 0.6) is 0 Å². The number of hydrogen-bond donors (Lipinski definition) is 1. The van der Waals surface area contributed by atoms with Gasteiger partial charge in [-0.2, -0.15) is 0 Å². The minimum Gasteiger partial charge on any atom is -0.399 e. The number of hydrogen-bond acceptors (Lipinski definition) is 1. The lowest BCUT2D eigenvalue weighted by atomic mass is 9.98. The van der Waals surface area contributed by atoms with Crippen LogP contribution in [0.4, 0.5) is 5.69 Å². The van der Waals surface area contributed by atoms with Crippen molar-refractivity contribution < 1.29 is 0 Å². The van der Waals surface area contributed by atoms with Gasteiger partial charge in [0.2, 0.25) is 0 Å². The van der Waals surface area contributed by atoms with Gasteiger partial charge in [0.05, 0.1) is 0 Å². The smallest absolute Gasteiger partial charge is 0.0314 e. The Labute approximate surface area is 146 Å². The fourth-order valence-electron chi connectivity index (χ4n) is 2.89. The van der Waals surface area contributed by atoms with Crippen LogP contribution in [0.25, 0.3) is 11.1 Å². The molecule has 2 rings (SSSR count). The number of benzene rings is 2. The maximum Gasteiger partial charge on any atom is 0.0314 e. The summed E-state index contributed by atoms with van der Waals surface area (Å²) in [5, 5.41) is 0. The standard InChI is InChI=1S/C23H29N/c1-19(21-13-9-6-10-14-21)11-7-4-3-5-8-12-20(2)22-15-17-23(24)18-16-22/h6,9-10,13-18H,1-5,7-8,11-12,24H2. The summed E-state index contributed by atoms with van der Waals surface area (Å²) in [4.78, 5) is 0. The molecule has 2 aromatic carbocycles. The highest BCUT2D eigenvalue weighted by atomic mass is 14.5. The Morgan fingerprint density at radius 2 is 1.08 bits per heavy atom. The van der Waals surface area contributed by atoms with Crippen LogP contribution in [-0.4, -0.2) is 0 Å². The van der Waals surface area contributed by atoms with E-state index in [1.807, 2.05) is 12.1 Å². The summed E-state index contributed by atoms with van der Waals surface area (Å²) >= 11 is 0. The maximum absolute atomic E-state index is 5.72. The Morgan fingerprint density at radius 3 is 1.62 bits per heavy atom. The SMILES string of the molecule is C=C(CCCCCCCC(=C)c1ccc(N)cc1)c1ccccc1. The summed E-state index contributed by atoms with van der Waals surface area (Å²) in [5.74, 6) is 0. The van der Waals surface area contributed by atoms with Gasteiger partial charge in [0.15, 0.2) is 0 Å². The van der Waals surface area contributed by atoms with Crippen molar-refractivity contribution in [3.63, 3.8) is 0 Å². The third-order valence-electron chi connectivity index (χ3n) is 4.46. The predicted molar refractivity (Wildman–Crippen MR) is 108 cm³/mol. The number of nitrogens with two attached hydrogens (primary N) is 1. The largest absolute Gasteiger partial charge is 0.399 e. The zero-order valence-corrected chi connectivity index (χ0v) is 14.6. The molecule has 0 amide bonds. The summed E-state index contributed by atoms with van der Waals surface area (Å²) < 4.78 is 0. The lowest BCUT2D eigenvalue weighted by molar-refractivity contribution is 0.627. The Bertz CT molecular complexity index is 637. The summed E-state index contributed by atoms with van der Waals surface area (Å²) in [6.07, 6.45) is 8.45. The van der Waals surface area contributed by atoms with Crippen molar-refractivity contribution in [1.82, 2.24) is 0 Å². The number of rotatable bonds is 10. The first-order valence-electron chi connectivity index (χ1n) is 8.93. The van der Waals surface area contributed by atoms with Crippen molar-refractivity contribution in [1.29, 1.82) is 0 Å². The van der Waals surface area contributed by atoms with Crippen molar-refractivity contribution in [3.8, 4) is 0 Å². The first kappa shape index (κ1) is 18.1. The number of unbranched alkanes of at least 4 members (excludes halogenated alkanes) is 4. The molecular formula is C23H29N. The fraction of sp³-hybridized carbons (Fsp3) is 0.304. The summed E-state index contributed by atoms with van der Waals surface area (Å²) in [5.41, 5.74) is 11.5. The quantitative estimate of drug-likeness (QED) is 0.381. The second-order valence-electron chi connectivity index (χ2n) is 6.46. The minimum absolute atomic E-state index is 0.809. The molecule has 2 N–H and O–H groups in total. The van der Waals surface area contributed by atoms with Crippen LogP contribution in [0.15, 0.2) is 67.8 Å². The molecular weight excluding hydrogens is 290 g/mol. The first-order chi connectivity index (χ1) is 11.7. The lowest BCUT2D eigenvalue weighted by Gasteiger charge is -2.07. The van der Waals surface area contributed by atoms with E-state index in [2.05, 4.69) is 55.6 Å². The van der Waals surface area contributed by atoms with Gasteiger partial charge in [-0.3, -0.25) is 0 Å². The van der Waals surface area contributed by atoms with Crippen LogP contribution in [0, 0.1) is 0 Å². The third kappa shape index (κ3) is 6.08. The Hall–Kier alpha value is -2.28. The van der Waals surface area contributed by atoms with Gasteiger partial charge in [-0.05, 0) is 60.1 Å². The van der Waals surface area contributed by atoms with E-state index < -0.39 is 0 Å². The van der Waals surface area contributed by atoms with E-state index in [-0.39, 0.29) is 0 Å². The van der Waals surface area contributed by atoms with Crippen molar-refractivity contribution in [2.45, 2.75) is 44.9 Å². The molecule has 24 heavy (non-hydrogen) atoms. The Kier molecular flexibility index (Phi) is 7.35. The predicted octanol–water partition coefficient (Wildman–Crippen LogP) is 6.73. The number of allylic oxidation sites excluding steroid dienone is 2. The molecule has 0 fully saturated rings. The molecule has 0 unspecified atom stereocenters. The highest BCUT2D eigenvalue weighted by molar-refractivity contribution is 5.65. The van der Waals surface area contributed by atoms with Crippen LogP contribution in [0.3, 0.4) is 0 Å². The molecule has 0 aliphatic rings. The normalized spacial score (nSPS) is 10.5. The Morgan fingerprint density at radius 1 is 0.625 bits per heavy atom. The molecule has 0 bridgehead atoms. The molecule has 0 saturated carbocycles. The van der Waals surface area contributed by atoms with E-state index in [0.29, 0.717) is 0 Å². The van der Waals surface area contributed by atoms with E-state index in [4.69, 9.17) is 5.73 Å². The maximum atomic E-state index is 5.72. The minimum atomic E-state index is 0.809. The van der Waals surface area contributed by atoms with Crippen LogP contribution in [-0.2, 0) is 0 Å². The topological polar surface area (TPSA) is 26.0 Å². The van der Waals surface area contributed by atoms with Gasteiger partial charge in [0, 0.05) is 5.69 Å². The zero-order valence-electron chi connectivity index (χ0n) is 14.6. The van der Waals surface area contributed by atoms with E-state index in [1.54, 1.807) is 0 Å². The van der Waals surface area contributed by atoms with E-state index >= 15 is 0 Å². The molecule has 0 spiro atoms. The van der Waals surface area contributed by atoms with Crippen molar-refractivity contribution >= 4 is 16.8 Å². The second-order valence-corrected chi connectivity index (χ2v) is 6.46. The van der Waals surface area contributed by atoms with Gasteiger partial charge >= 0.3 is 0 Å². The average Bonchev–Trinajstić information content (AvgIpc) is 2.62. The summed E-state index contributed by atoms with van der Waals surface area (Å²) in [6, 6.07) is 18.5. The van der Waals surface area contributed by atoms with E-state index in [9.17, 15) is 0 Å². The highest BCUT2D eigenvalue weighted by Crippen LogP contribution is 2.22.